The second-order valence-corrected chi connectivity index (χ2v) is 8.61. The molecule has 1 aliphatic heterocycles. The second kappa shape index (κ2) is 6.78. The van der Waals surface area contributed by atoms with E-state index < -0.39 is 21.8 Å². The fourth-order valence-corrected chi connectivity index (χ4v) is 4.38. The molecule has 2 amide bonds. The summed E-state index contributed by atoms with van der Waals surface area (Å²) in [6.07, 6.45) is -0.103. The summed E-state index contributed by atoms with van der Waals surface area (Å²) in [6.45, 7) is 0. The molecular formula is C16H12BrClN2O4S. The Morgan fingerprint density at radius 1 is 1.16 bits per heavy atom. The van der Waals surface area contributed by atoms with Gasteiger partial charge in [0.25, 0.3) is 5.91 Å². The van der Waals surface area contributed by atoms with Crippen molar-refractivity contribution < 1.29 is 18.0 Å². The van der Waals surface area contributed by atoms with Crippen molar-refractivity contribution in [3.63, 3.8) is 0 Å². The van der Waals surface area contributed by atoms with Crippen LogP contribution in [0.2, 0.25) is 5.02 Å². The van der Waals surface area contributed by atoms with Gasteiger partial charge in [0, 0.05) is 22.1 Å². The molecule has 1 aliphatic rings. The molecule has 1 N–H and O–H groups in total. The van der Waals surface area contributed by atoms with Crippen molar-refractivity contribution >= 4 is 60.7 Å². The van der Waals surface area contributed by atoms with Crippen molar-refractivity contribution in [2.24, 2.45) is 0 Å². The number of hydrogen-bond donors (Lipinski definition) is 1. The van der Waals surface area contributed by atoms with E-state index in [1.54, 1.807) is 24.3 Å². The number of halogens is 2. The van der Waals surface area contributed by atoms with Crippen LogP contribution in [0.5, 0.6) is 0 Å². The van der Waals surface area contributed by atoms with Gasteiger partial charge in [0.2, 0.25) is 15.9 Å². The third-order valence-corrected chi connectivity index (χ3v) is 6.13. The maximum absolute atomic E-state index is 12.4. The Labute approximate surface area is 158 Å². The maximum Gasteiger partial charge on any atom is 0.255 e. The van der Waals surface area contributed by atoms with E-state index in [0.29, 0.717) is 9.99 Å². The number of anilines is 2. The summed E-state index contributed by atoms with van der Waals surface area (Å²) in [4.78, 5) is 24.3. The highest BCUT2D eigenvalue weighted by Gasteiger charge is 2.37. The van der Waals surface area contributed by atoms with E-state index in [1.165, 1.54) is 18.2 Å². The van der Waals surface area contributed by atoms with Gasteiger partial charge in [-0.3, -0.25) is 9.59 Å². The highest BCUT2D eigenvalue weighted by molar-refractivity contribution is 9.10. The zero-order chi connectivity index (χ0) is 18.2. The molecule has 25 heavy (non-hydrogen) atoms. The van der Waals surface area contributed by atoms with Crippen LogP contribution < -0.4 is 9.62 Å². The maximum atomic E-state index is 12.4. The largest absolute Gasteiger partial charge is 0.322 e. The average molecular weight is 444 g/mol. The van der Waals surface area contributed by atoms with E-state index in [4.69, 9.17) is 11.6 Å². The lowest BCUT2D eigenvalue weighted by Gasteiger charge is -2.17. The fourth-order valence-electron chi connectivity index (χ4n) is 2.39. The molecule has 0 spiro atoms. The highest BCUT2D eigenvalue weighted by atomic mass is 79.9. The molecule has 0 aliphatic carbocycles. The number of amides is 2. The van der Waals surface area contributed by atoms with Crippen molar-refractivity contribution in [2.75, 3.05) is 15.4 Å². The number of carbonyl (C=O) groups is 2. The van der Waals surface area contributed by atoms with Crippen LogP contribution in [0.3, 0.4) is 0 Å². The molecule has 9 heteroatoms. The molecule has 1 fully saturated rings. The Morgan fingerprint density at radius 2 is 1.84 bits per heavy atom. The Kier molecular flexibility index (Phi) is 4.86. The molecule has 0 atom stereocenters. The van der Waals surface area contributed by atoms with E-state index in [-0.39, 0.29) is 28.4 Å². The number of nitrogens with zero attached hydrogens (tertiary/aromatic N) is 1. The zero-order valence-electron chi connectivity index (χ0n) is 12.7. The lowest BCUT2D eigenvalue weighted by atomic mass is 10.1. The van der Waals surface area contributed by atoms with Crippen molar-refractivity contribution in [1.29, 1.82) is 0 Å². The van der Waals surface area contributed by atoms with Gasteiger partial charge in [-0.25, -0.2) is 12.7 Å². The molecule has 130 valence electrons. The lowest BCUT2D eigenvalue weighted by molar-refractivity contribution is -0.116. The van der Waals surface area contributed by atoms with Crippen LogP contribution in [0.1, 0.15) is 16.8 Å². The first-order valence-electron chi connectivity index (χ1n) is 7.20. The Bertz CT molecular complexity index is 961. The molecule has 2 aromatic rings. The smallest absolute Gasteiger partial charge is 0.255 e. The van der Waals surface area contributed by atoms with Gasteiger partial charge >= 0.3 is 0 Å². The monoisotopic (exact) mass is 442 g/mol. The Morgan fingerprint density at radius 3 is 2.44 bits per heavy atom. The van der Waals surface area contributed by atoms with Crippen molar-refractivity contribution in [3.8, 4) is 0 Å². The molecule has 0 bridgehead atoms. The summed E-state index contributed by atoms with van der Waals surface area (Å²) in [5, 5.41) is 2.78. The molecule has 0 saturated carbocycles. The number of nitrogens with one attached hydrogen (secondary N) is 1. The third-order valence-electron chi connectivity index (χ3n) is 3.61. The van der Waals surface area contributed by atoms with Gasteiger partial charge in [-0.2, -0.15) is 0 Å². The van der Waals surface area contributed by atoms with Gasteiger partial charge in [0.15, 0.2) is 0 Å². The standard InChI is InChI=1S/C16H12BrClN2O4S/c17-11-2-4-12(5-3-11)19-16(22)10-1-6-13(18)14(9-10)20-15(21)7-8-25(20,23)24/h1-6,9H,7-8H2,(H,19,22). The summed E-state index contributed by atoms with van der Waals surface area (Å²) in [6, 6.07) is 11.1. The molecule has 2 aromatic carbocycles. The topological polar surface area (TPSA) is 83.6 Å². The number of rotatable bonds is 3. The van der Waals surface area contributed by atoms with Gasteiger partial charge in [-0.1, -0.05) is 27.5 Å². The SMILES string of the molecule is O=C(Nc1ccc(Br)cc1)c1ccc(Cl)c(N2C(=O)CCS2(=O)=O)c1. The van der Waals surface area contributed by atoms with E-state index in [1.807, 2.05) is 0 Å². The molecular weight excluding hydrogens is 432 g/mol. The molecule has 0 radical (unpaired) electrons. The molecule has 1 heterocycles. The van der Waals surface area contributed by atoms with Crippen LogP contribution in [-0.4, -0.2) is 26.0 Å². The van der Waals surface area contributed by atoms with Gasteiger partial charge in [-0.15, -0.1) is 0 Å². The minimum Gasteiger partial charge on any atom is -0.322 e. The molecule has 0 unspecified atom stereocenters. The minimum atomic E-state index is -3.76. The van der Waals surface area contributed by atoms with E-state index in [0.717, 1.165) is 4.47 Å². The normalized spacial score (nSPS) is 16.1. The van der Waals surface area contributed by atoms with E-state index in [2.05, 4.69) is 21.2 Å². The Hall–Kier alpha value is -1.90. The molecule has 0 aromatic heterocycles. The minimum absolute atomic E-state index is 0.00683. The molecule has 6 nitrogen and oxygen atoms in total. The first kappa shape index (κ1) is 17.9. The highest BCUT2D eigenvalue weighted by Crippen LogP contribution is 2.33. The number of benzene rings is 2. The van der Waals surface area contributed by atoms with Gasteiger partial charge in [0.1, 0.15) is 0 Å². The lowest BCUT2D eigenvalue weighted by Crippen LogP contribution is -2.29. The Balaban J connectivity index is 1.92. The fraction of sp³-hybridized carbons (Fsp3) is 0.125. The average Bonchev–Trinajstić information content (AvgIpc) is 2.83. The third kappa shape index (κ3) is 3.70. The van der Waals surface area contributed by atoms with Gasteiger partial charge in [-0.05, 0) is 42.5 Å². The summed E-state index contributed by atoms with van der Waals surface area (Å²) >= 11 is 9.36. The second-order valence-electron chi connectivity index (χ2n) is 5.35. The van der Waals surface area contributed by atoms with Crippen LogP contribution in [0.15, 0.2) is 46.9 Å². The van der Waals surface area contributed by atoms with Crippen molar-refractivity contribution in [3.05, 3.63) is 57.5 Å². The van der Waals surface area contributed by atoms with Gasteiger partial charge in [0.05, 0.1) is 16.5 Å². The quantitative estimate of drug-likeness (QED) is 0.788. The summed E-state index contributed by atoms with van der Waals surface area (Å²) in [5.74, 6) is -1.27. The first-order chi connectivity index (χ1) is 11.8. The first-order valence-corrected chi connectivity index (χ1v) is 9.98. The van der Waals surface area contributed by atoms with Crippen molar-refractivity contribution in [2.45, 2.75) is 6.42 Å². The van der Waals surface area contributed by atoms with E-state index >= 15 is 0 Å². The number of carbonyl (C=O) groups excluding carboxylic acids is 2. The van der Waals surface area contributed by atoms with E-state index in [9.17, 15) is 18.0 Å². The molecule has 1 saturated heterocycles. The number of hydrogen-bond acceptors (Lipinski definition) is 4. The predicted octanol–water partition coefficient (Wildman–Crippen LogP) is 3.42. The van der Waals surface area contributed by atoms with Crippen molar-refractivity contribution in [1.82, 2.24) is 0 Å². The summed E-state index contributed by atoms with van der Waals surface area (Å²) in [7, 11) is -3.76. The summed E-state index contributed by atoms with van der Waals surface area (Å²) in [5.41, 5.74) is 0.763. The predicted molar refractivity (Wildman–Crippen MR) is 99.4 cm³/mol. The van der Waals surface area contributed by atoms with Crippen LogP contribution in [0, 0.1) is 0 Å². The van der Waals surface area contributed by atoms with Crippen LogP contribution in [0.4, 0.5) is 11.4 Å². The van der Waals surface area contributed by atoms with Crippen LogP contribution in [-0.2, 0) is 14.8 Å². The van der Waals surface area contributed by atoms with Gasteiger partial charge < -0.3 is 5.32 Å². The summed E-state index contributed by atoms with van der Waals surface area (Å²) < 4.78 is 25.7. The molecule has 3 rings (SSSR count). The van der Waals surface area contributed by atoms with Crippen LogP contribution in [0.25, 0.3) is 0 Å². The number of sulfonamides is 1. The zero-order valence-corrected chi connectivity index (χ0v) is 15.9. The van der Waals surface area contributed by atoms with Crippen LogP contribution >= 0.6 is 27.5 Å².